The van der Waals surface area contributed by atoms with E-state index in [-0.39, 0.29) is 12.4 Å². The van der Waals surface area contributed by atoms with E-state index >= 15 is 0 Å². The second-order valence-electron chi connectivity index (χ2n) is 7.81. The number of carbonyl (C=O) groups excluding carboxylic acids is 1. The molecule has 0 spiro atoms. The molecule has 180 valence electrons. The Kier molecular flexibility index (Phi) is 7.81. The Morgan fingerprint density at radius 1 is 1.31 bits per heavy atom. The Labute approximate surface area is 200 Å². The number of azide groups is 1. The minimum absolute atomic E-state index is 0.0647. The van der Waals surface area contributed by atoms with Gasteiger partial charge in [-0.2, -0.15) is 5.10 Å². The van der Waals surface area contributed by atoms with Crippen LogP contribution in [0, 0.1) is 5.82 Å². The topological polar surface area (TPSA) is 138 Å². The summed E-state index contributed by atoms with van der Waals surface area (Å²) in [4.78, 5) is 21.6. The van der Waals surface area contributed by atoms with Crippen LogP contribution in [0.4, 0.5) is 10.1 Å². The van der Waals surface area contributed by atoms with E-state index in [1.54, 1.807) is 49.1 Å². The van der Waals surface area contributed by atoms with Crippen molar-refractivity contribution in [3.63, 3.8) is 0 Å². The van der Waals surface area contributed by atoms with E-state index in [2.05, 4.69) is 25.0 Å². The normalized spacial score (nSPS) is 14.1. The lowest BCUT2D eigenvalue weighted by atomic mass is 10.0. The molecule has 0 saturated carbocycles. The SMILES string of the molecule is [N-]=[N+]=NCn1cc(-c2ccncc2/C=C/C(=O)N(N)c2ccc(CN3CCOCC3)c(F)c2)cn1. The van der Waals surface area contributed by atoms with Crippen LogP contribution in [-0.2, 0) is 22.7 Å². The first-order valence-corrected chi connectivity index (χ1v) is 10.9. The number of amides is 1. The Balaban J connectivity index is 1.45. The van der Waals surface area contributed by atoms with Gasteiger partial charge in [0.15, 0.2) is 0 Å². The third-order valence-corrected chi connectivity index (χ3v) is 5.52. The Bertz CT molecular complexity index is 1260. The van der Waals surface area contributed by atoms with Crippen molar-refractivity contribution in [1.82, 2.24) is 19.7 Å². The molecule has 1 saturated heterocycles. The van der Waals surface area contributed by atoms with Crippen LogP contribution in [0.25, 0.3) is 27.6 Å². The van der Waals surface area contributed by atoms with Gasteiger partial charge in [0.05, 0.1) is 25.1 Å². The summed E-state index contributed by atoms with van der Waals surface area (Å²) in [5, 5.41) is 8.53. The average Bonchev–Trinajstić information content (AvgIpc) is 3.36. The van der Waals surface area contributed by atoms with Crippen LogP contribution in [0.3, 0.4) is 0 Å². The molecule has 0 unspecified atom stereocenters. The van der Waals surface area contributed by atoms with Crippen molar-refractivity contribution in [1.29, 1.82) is 0 Å². The number of halogens is 1. The number of benzene rings is 1. The van der Waals surface area contributed by atoms with Crippen LogP contribution in [0.2, 0.25) is 0 Å². The summed E-state index contributed by atoms with van der Waals surface area (Å²) in [5.74, 6) is 5.02. The smallest absolute Gasteiger partial charge is 0.265 e. The Hall–Kier alpha value is -4.09. The minimum Gasteiger partial charge on any atom is -0.379 e. The zero-order valence-corrected chi connectivity index (χ0v) is 18.9. The molecule has 1 fully saturated rings. The largest absolute Gasteiger partial charge is 0.379 e. The Morgan fingerprint density at radius 2 is 2.14 bits per heavy atom. The lowest BCUT2D eigenvalue weighted by molar-refractivity contribution is -0.114. The van der Waals surface area contributed by atoms with Gasteiger partial charge in [-0.25, -0.2) is 15.2 Å². The van der Waals surface area contributed by atoms with E-state index in [9.17, 15) is 9.18 Å². The second-order valence-corrected chi connectivity index (χ2v) is 7.81. The summed E-state index contributed by atoms with van der Waals surface area (Å²) in [6, 6.07) is 6.30. The molecule has 35 heavy (non-hydrogen) atoms. The number of rotatable bonds is 8. The van der Waals surface area contributed by atoms with Crippen LogP contribution >= 0.6 is 0 Å². The van der Waals surface area contributed by atoms with Gasteiger partial charge < -0.3 is 4.74 Å². The molecule has 0 atom stereocenters. The lowest BCUT2D eigenvalue weighted by Crippen LogP contribution is -2.37. The lowest BCUT2D eigenvalue weighted by Gasteiger charge is -2.27. The van der Waals surface area contributed by atoms with Gasteiger partial charge in [0.2, 0.25) is 0 Å². The van der Waals surface area contributed by atoms with Crippen LogP contribution < -0.4 is 10.9 Å². The van der Waals surface area contributed by atoms with Gasteiger partial charge in [-0.05, 0) is 35.4 Å². The van der Waals surface area contributed by atoms with Gasteiger partial charge in [0, 0.05) is 65.9 Å². The standard InChI is InChI=1S/C23H24FN9O2/c24-22-11-20(3-1-18(22)14-31-7-9-35-10-8-31)33(26)23(34)4-2-17-12-27-6-5-21(17)19-13-29-32(15-19)16-28-30-25/h1-6,11-13,15H,7-10,14,16,26H2/b4-2+. The third kappa shape index (κ3) is 6.08. The highest BCUT2D eigenvalue weighted by atomic mass is 19.1. The summed E-state index contributed by atoms with van der Waals surface area (Å²) < 4.78 is 21.5. The number of pyridine rings is 1. The molecular weight excluding hydrogens is 453 g/mol. The number of anilines is 1. The van der Waals surface area contributed by atoms with Crippen molar-refractivity contribution < 1.29 is 13.9 Å². The molecule has 0 radical (unpaired) electrons. The maximum atomic E-state index is 14.7. The molecule has 11 nitrogen and oxygen atoms in total. The highest BCUT2D eigenvalue weighted by Crippen LogP contribution is 2.24. The van der Waals surface area contributed by atoms with Crippen LogP contribution in [-0.4, -0.2) is 51.9 Å². The molecule has 2 N–H and O–H groups in total. The molecule has 2 aromatic heterocycles. The number of carbonyl (C=O) groups is 1. The summed E-state index contributed by atoms with van der Waals surface area (Å²) in [6.07, 6.45) is 9.45. The summed E-state index contributed by atoms with van der Waals surface area (Å²) in [6.45, 7) is 3.30. The summed E-state index contributed by atoms with van der Waals surface area (Å²) >= 11 is 0. The quantitative estimate of drug-likeness (QED) is 0.101. The van der Waals surface area contributed by atoms with Gasteiger partial charge in [0.1, 0.15) is 12.5 Å². The maximum Gasteiger partial charge on any atom is 0.265 e. The van der Waals surface area contributed by atoms with Crippen LogP contribution in [0.5, 0.6) is 0 Å². The number of nitrogens with two attached hydrogens (primary N) is 1. The molecule has 4 rings (SSSR count). The molecule has 3 heterocycles. The molecule has 0 aliphatic carbocycles. The fourth-order valence-corrected chi connectivity index (χ4v) is 3.66. The zero-order valence-electron chi connectivity index (χ0n) is 18.9. The zero-order chi connectivity index (χ0) is 24.6. The number of hydrogen-bond donors (Lipinski definition) is 1. The predicted octanol–water partition coefficient (Wildman–Crippen LogP) is 3.10. The van der Waals surface area contributed by atoms with Crippen LogP contribution in [0.15, 0.2) is 60.2 Å². The molecule has 1 aromatic carbocycles. The first-order valence-electron chi connectivity index (χ1n) is 10.9. The highest BCUT2D eigenvalue weighted by Gasteiger charge is 2.16. The number of hydrazine groups is 1. The number of nitrogens with zero attached hydrogens (tertiary/aromatic N) is 8. The second kappa shape index (κ2) is 11.4. The molecule has 1 aliphatic rings. The number of aromatic nitrogens is 3. The number of hydrogen-bond acceptors (Lipinski definition) is 7. The van der Waals surface area contributed by atoms with Gasteiger partial charge in [-0.1, -0.05) is 11.2 Å². The third-order valence-electron chi connectivity index (χ3n) is 5.52. The van der Waals surface area contributed by atoms with Crippen molar-refractivity contribution in [2.75, 3.05) is 31.3 Å². The molecule has 0 bridgehead atoms. The average molecular weight is 478 g/mol. The van der Waals surface area contributed by atoms with Gasteiger partial charge in [0.25, 0.3) is 5.91 Å². The molecular formula is C23H24FN9O2. The van der Waals surface area contributed by atoms with E-state index < -0.39 is 11.7 Å². The van der Waals surface area contributed by atoms with Crippen LogP contribution in [0.1, 0.15) is 11.1 Å². The van der Waals surface area contributed by atoms with Crippen molar-refractivity contribution in [3.05, 3.63) is 82.5 Å². The van der Waals surface area contributed by atoms with Gasteiger partial charge in [-0.3, -0.25) is 19.4 Å². The van der Waals surface area contributed by atoms with E-state index in [4.69, 9.17) is 16.1 Å². The van der Waals surface area contributed by atoms with E-state index in [0.29, 0.717) is 30.9 Å². The molecule has 1 aliphatic heterocycles. The fourth-order valence-electron chi connectivity index (χ4n) is 3.66. The van der Waals surface area contributed by atoms with Crippen molar-refractivity contribution >= 4 is 17.7 Å². The molecule has 3 aromatic rings. The first-order chi connectivity index (χ1) is 17.0. The van der Waals surface area contributed by atoms with E-state index in [1.165, 1.54) is 16.8 Å². The fraction of sp³-hybridized carbons (Fsp3) is 0.261. The summed E-state index contributed by atoms with van der Waals surface area (Å²) in [7, 11) is 0. The minimum atomic E-state index is -0.529. The molecule has 12 heteroatoms. The van der Waals surface area contributed by atoms with E-state index in [1.807, 2.05) is 0 Å². The monoisotopic (exact) mass is 477 g/mol. The maximum absolute atomic E-state index is 14.7. The van der Waals surface area contributed by atoms with Gasteiger partial charge in [-0.15, -0.1) is 0 Å². The van der Waals surface area contributed by atoms with Crippen molar-refractivity contribution in [2.24, 2.45) is 11.0 Å². The number of morpholine rings is 1. The van der Waals surface area contributed by atoms with Gasteiger partial charge >= 0.3 is 0 Å². The van der Waals surface area contributed by atoms with E-state index in [0.717, 1.165) is 29.2 Å². The van der Waals surface area contributed by atoms with Crippen molar-refractivity contribution in [2.45, 2.75) is 13.2 Å². The summed E-state index contributed by atoms with van der Waals surface area (Å²) in [5.41, 5.74) is 11.4. The Morgan fingerprint density at radius 3 is 2.91 bits per heavy atom. The first kappa shape index (κ1) is 24.0. The molecule has 1 amide bonds. The predicted molar refractivity (Wildman–Crippen MR) is 128 cm³/mol. The van der Waals surface area contributed by atoms with Crippen molar-refractivity contribution in [3.8, 4) is 11.1 Å². The number of ether oxygens (including phenoxy) is 1. The highest BCUT2D eigenvalue weighted by molar-refractivity contribution is 6.03.